The summed E-state index contributed by atoms with van der Waals surface area (Å²) in [6.45, 7) is 2.51. The topological polar surface area (TPSA) is 89.6 Å². The van der Waals surface area contributed by atoms with E-state index >= 15 is 0 Å². The van der Waals surface area contributed by atoms with Crippen molar-refractivity contribution in [2.75, 3.05) is 24.4 Å². The van der Waals surface area contributed by atoms with Gasteiger partial charge in [-0.1, -0.05) is 0 Å². The number of nitrogens with zero attached hydrogens (tertiary/aromatic N) is 1. The quantitative estimate of drug-likeness (QED) is 0.585. The van der Waals surface area contributed by atoms with Crippen LogP contribution in [0.2, 0.25) is 0 Å². The van der Waals surface area contributed by atoms with Crippen molar-refractivity contribution in [3.63, 3.8) is 0 Å². The minimum atomic E-state index is -0.391. The average molecular weight is 391 g/mol. The molecule has 29 heavy (non-hydrogen) atoms. The van der Waals surface area contributed by atoms with Crippen molar-refractivity contribution >= 4 is 29.1 Å². The van der Waals surface area contributed by atoms with E-state index in [1.54, 1.807) is 60.7 Å². The number of ether oxygens (including phenoxy) is 2. The summed E-state index contributed by atoms with van der Waals surface area (Å²) < 4.78 is 10.1. The van der Waals surface area contributed by atoms with Crippen molar-refractivity contribution in [3.8, 4) is 5.75 Å². The normalized spacial score (nSPS) is 10.1. The Kier molecular flexibility index (Phi) is 6.42. The van der Waals surface area contributed by atoms with E-state index in [0.29, 0.717) is 29.2 Å². The van der Waals surface area contributed by atoms with Gasteiger partial charge in [0.1, 0.15) is 11.6 Å². The smallest absolute Gasteiger partial charge is 0.337 e. The Hall–Kier alpha value is -3.87. The number of aromatic nitrogens is 1. The Morgan fingerprint density at radius 1 is 0.897 bits per heavy atom. The maximum absolute atomic E-state index is 12.4. The van der Waals surface area contributed by atoms with Gasteiger partial charge in [0.05, 0.1) is 24.8 Å². The first-order valence-corrected chi connectivity index (χ1v) is 9.04. The van der Waals surface area contributed by atoms with Crippen molar-refractivity contribution < 1.29 is 19.1 Å². The van der Waals surface area contributed by atoms with Gasteiger partial charge in [-0.15, -0.1) is 0 Å². The Labute approximate surface area is 168 Å². The molecule has 2 N–H and O–H groups in total. The number of pyridine rings is 1. The summed E-state index contributed by atoms with van der Waals surface area (Å²) in [4.78, 5) is 28.1. The van der Waals surface area contributed by atoms with Gasteiger partial charge in [0, 0.05) is 17.6 Å². The van der Waals surface area contributed by atoms with Gasteiger partial charge in [-0.2, -0.15) is 0 Å². The third-order valence-corrected chi connectivity index (χ3v) is 4.03. The summed E-state index contributed by atoms with van der Waals surface area (Å²) in [6, 6.07) is 17.4. The van der Waals surface area contributed by atoms with Gasteiger partial charge in [-0.3, -0.25) is 4.79 Å². The summed E-state index contributed by atoms with van der Waals surface area (Å²) in [5.41, 5.74) is 2.33. The van der Waals surface area contributed by atoms with Crippen molar-refractivity contribution in [1.82, 2.24) is 4.98 Å². The minimum absolute atomic E-state index is 0.254. The first-order chi connectivity index (χ1) is 14.1. The van der Waals surface area contributed by atoms with E-state index in [1.165, 1.54) is 13.3 Å². The second-order valence-corrected chi connectivity index (χ2v) is 6.04. The summed E-state index contributed by atoms with van der Waals surface area (Å²) >= 11 is 0. The Bertz CT molecular complexity index is 968. The average Bonchev–Trinajstić information content (AvgIpc) is 2.76. The van der Waals surface area contributed by atoms with Gasteiger partial charge in [-0.25, -0.2) is 9.78 Å². The lowest BCUT2D eigenvalue weighted by Gasteiger charge is -2.09. The number of esters is 1. The summed E-state index contributed by atoms with van der Waals surface area (Å²) in [7, 11) is 1.34. The molecule has 0 aliphatic rings. The molecule has 0 bridgehead atoms. The summed E-state index contributed by atoms with van der Waals surface area (Å²) in [6.07, 6.45) is 1.50. The highest BCUT2D eigenvalue weighted by atomic mass is 16.5. The molecule has 0 atom stereocenters. The molecule has 7 heteroatoms. The van der Waals surface area contributed by atoms with Crippen LogP contribution in [0.1, 0.15) is 27.6 Å². The molecule has 1 aromatic heterocycles. The van der Waals surface area contributed by atoms with E-state index in [9.17, 15) is 9.59 Å². The second kappa shape index (κ2) is 9.36. The fraction of sp³-hybridized carbons (Fsp3) is 0.136. The van der Waals surface area contributed by atoms with Crippen LogP contribution in [0, 0.1) is 0 Å². The molecule has 0 unspecified atom stereocenters. The van der Waals surface area contributed by atoms with Gasteiger partial charge in [0.25, 0.3) is 5.91 Å². The molecular formula is C22H21N3O4. The van der Waals surface area contributed by atoms with E-state index in [4.69, 9.17) is 4.74 Å². The predicted molar refractivity (Wildman–Crippen MR) is 111 cm³/mol. The number of hydrogen-bond donors (Lipinski definition) is 2. The number of amides is 1. The van der Waals surface area contributed by atoms with E-state index in [-0.39, 0.29) is 5.91 Å². The highest BCUT2D eigenvalue weighted by Crippen LogP contribution is 2.18. The molecule has 0 fully saturated rings. The largest absolute Gasteiger partial charge is 0.494 e. The van der Waals surface area contributed by atoms with Crippen molar-refractivity contribution in [2.45, 2.75) is 6.92 Å². The number of carbonyl (C=O) groups is 2. The second-order valence-electron chi connectivity index (χ2n) is 6.04. The predicted octanol–water partition coefficient (Wildman–Crippen LogP) is 4.26. The summed E-state index contributed by atoms with van der Waals surface area (Å²) in [5, 5.41) is 5.93. The number of benzene rings is 2. The molecule has 3 aromatic rings. The van der Waals surface area contributed by atoms with Crippen LogP contribution in [0.3, 0.4) is 0 Å². The van der Waals surface area contributed by atoms with Crippen LogP contribution in [0.5, 0.6) is 5.75 Å². The highest BCUT2D eigenvalue weighted by molar-refractivity contribution is 6.04. The SMILES string of the molecule is CCOc1ccc(NC(=O)c2ccc(Nc3ccc(C(=O)OC)cc3)nc2)cc1. The molecule has 0 aliphatic carbocycles. The van der Waals surface area contributed by atoms with Crippen molar-refractivity contribution in [2.24, 2.45) is 0 Å². The molecule has 1 heterocycles. The first-order valence-electron chi connectivity index (χ1n) is 9.04. The molecule has 2 aromatic carbocycles. The third kappa shape index (κ3) is 5.32. The number of nitrogens with one attached hydrogen (secondary N) is 2. The van der Waals surface area contributed by atoms with Crippen LogP contribution in [-0.2, 0) is 4.74 Å². The van der Waals surface area contributed by atoms with Gasteiger partial charge in [0.15, 0.2) is 0 Å². The monoisotopic (exact) mass is 391 g/mol. The van der Waals surface area contributed by atoms with Crippen LogP contribution in [-0.4, -0.2) is 30.6 Å². The van der Waals surface area contributed by atoms with Crippen LogP contribution in [0.4, 0.5) is 17.2 Å². The number of rotatable bonds is 7. The fourth-order valence-electron chi connectivity index (χ4n) is 2.56. The van der Waals surface area contributed by atoms with Gasteiger partial charge in [0.2, 0.25) is 0 Å². The Morgan fingerprint density at radius 3 is 2.14 bits per heavy atom. The number of hydrogen-bond acceptors (Lipinski definition) is 6. The summed E-state index contributed by atoms with van der Waals surface area (Å²) in [5.74, 6) is 0.684. The molecule has 3 rings (SSSR count). The lowest BCUT2D eigenvalue weighted by atomic mass is 10.2. The molecule has 1 amide bonds. The zero-order valence-corrected chi connectivity index (χ0v) is 16.1. The Balaban J connectivity index is 1.60. The lowest BCUT2D eigenvalue weighted by Crippen LogP contribution is -2.12. The van der Waals surface area contributed by atoms with Gasteiger partial charge < -0.3 is 20.1 Å². The third-order valence-electron chi connectivity index (χ3n) is 4.03. The van der Waals surface area contributed by atoms with E-state index in [2.05, 4.69) is 20.4 Å². The molecule has 0 saturated carbocycles. The molecule has 7 nitrogen and oxygen atoms in total. The van der Waals surface area contributed by atoms with Gasteiger partial charge in [-0.05, 0) is 67.6 Å². The maximum Gasteiger partial charge on any atom is 0.337 e. The van der Waals surface area contributed by atoms with Crippen molar-refractivity contribution in [1.29, 1.82) is 0 Å². The maximum atomic E-state index is 12.4. The highest BCUT2D eigenvalue weighted by Gasteiger charge is 2.08. The van der Waals surface area contributed by atoms with Crippen LogP contribution in [0.25, 0.3) is 0 Å². The molecule has 0 aliphatic heterocycles. The Morgan fingerprint density at radius 2 is 1.55 bits per heavy atom. The molecular weight excluding hydrogens is 370 g/mol. The van der Waals surface area contributed by atoms with E-state index in [1.807, 2.05) is 6.92 Å². The van der Waals surface area contributed by atoms with E-state index < -0.39 is 5.97 Å². The first kappa shape index (κ1) is 19.9. The molecule has 148 valence electrons. The number of carbonyl (C=O) groups excluding carboxylic acids is 2. The van der Waals surface area contributed by atoms with Crippen molar-refractivity contribution in [3.05, 3.63) is 78.0 Å². The fourth-order valence-corrected chi connectivity index (χ4v) is 2.56. The van der Waals surface area contributed by atoms with Gasteiger partial charge >= 0.3 is 5.97 Å². The number of methoxy groups -OCH3 is 1. The number of anilines is 3. The van der Waals surface area contributed by atoms with E-state index in [0.717, 1.165) is 11.4 Å². The van der Waals surface area contributed by atoms with Crippen LogP contribution >= 0.6 is 0 Å². The van der Waals surface area contributed by atoms with Crippen LogP contribution < -0.4 is 15.4 Å². The molecule has 0 radical (unpaired) electrons. The molecule has 0 saturated heterocycles. The molecule has 0 spiro atoms. The van der Waals surface area contributed by atoms with Crippen LogP contribution in [0.15, 0.2) is 66.9 Å². The standard InChI is InChI=1S/C22H21N3O4/c1-3-29-19-11-9-18(10-12-19)25-21(26)16-6-13-20(23-14-16)24-17-7-4-15(5-8-17)22(27)28-2/h4-14H,3H2,1-2H3,(H,23,24)(H,25,26). The minimum Gasteiger partial charge on any atom is -0.494 e. The zero-order chi connectivity index (χ0) is 20.6. The lowest BCUT2D eigenvalue weighted by molar-refractivity contribution is 0.0600. The zero-order valence-electron chi connectivity index (χ0n) is 16.1.